The summed E-state index contributed by atoms with van der Waals surface area (Å²) in [6, 6.07) is 0. The van der Waals surface area contributed by atoms with Crippen LogP contribution in [0.3, 0.4) is 0 Å². The van der Waals surface area contributed by atoms with Crippen molar-refractivity contribution >= 4 is 16.4 Å². The molecule has 12 nitrogen and oxygen atoms in total. The van der Waals surface area contributed by atoms with Crippen LogP contribution in [0, 0.1) is 0 Å². The molecule has 4 N–H and O–H groups in total. The van der Waals surface area contributed by atoms with E-state index >= 15 is 0 Å². The molecule has 13 heteroatoms. The molecule has 1 heterocycles. The molecule has 0 aliphatic carbocycles. The Hall–Kier alpha value is -1.68. The molecule has 0 spiro atoms. The lowest BCUT2D eigenvalue weighted by atomic mass is 9.99. The smallest absolute Gasteiger partial charge is 0.397 e. The Morgan fingerprint density at radius 1 is 0.709 bits per heavy atom. The first-order valence-corrected chi connectivity index (χ1v) is 22.6. The fourth-order valence-electron chi connectivity index (χ4n) is 6.33. The van der Waals surface area contributed by atoms with Crippen LogP contribution in [-0.4, -0.2) is 97.5 Å². The standard InChI is InChI=1S/C42H76O12S/c1-3-5-7-9-11-13-15-17-18-20-22-24-26-28-30-32-50-34-36(35-51-42-40(46)41(54-55(47,48)49)39(45)37(33-43)53-42)52-38(44)31-29-27-25-23-21-19-16-14-12-10-8-6-4-2/h6,8,12,14,19,21,36-37,39-43,45-46H,3-5,7,9-11,13,15-18,20,22-35H2,1-2H3,(H,47,48,49)/b8-6-,14-12-,21-19-. The van der Waals surface area contributed by atoms with E-state index in [9.17, 15) is 28.5 Å². The fourth-order valence-corrected chi connectivity index (χ4v) is 6.84. The monoisotopic (exact) mass is 805 g/mol. The molecule has 0 saturated carbocycles. The number of aliphatic hydroxyl groups excluding tert-OH is 3. The van der Waals surface area contributed by atoms with E-state index in [1.54, 1.807) is 0 Å². The number of hydrogen-bond acceptors (Lipinski definition) is 11. The lowest BCUT2D eigenvalue weighted by molar-refractivity contribution is -0.301. The van der Waals surface area contributed by atoms with Crippen molar-refractivity contribution in [2.24, 2.45) is 0 Å². The second-order valence-electron chi connectivity index (χ2n) is 14.6. The number of carbonyl (C=O) groups excluding carboxylic acids is 1. The minimum Gasteiger partial charge on any atom is -0.457 e. The van der Waals surface area contributed by atoms with Crippen LogP contribution in [-0.2, 0) is 38.3 Å². The highest BCUT2D eigenvalue weighted by Gasteiger charge is 2.48. The van der Waals surface area contributed by atoms with E-state index in [1.807, 2.05) is 0 Å². The first-order valence-electron chi connectivity index (χ1n) is 21.2. The van der Waals surface area contributed by atoms with E-state index in [1.165, 1.54) is 77.0 Å². The molecule has 6 unspecified atom stereocenters. The van der Waals surface area contributed by atoms with Gasteiger partial charge in [-0.05, 0) is 44.9 Å². The molecule has 322 valence electrons. The highest BCUT2D eigenvalue weighted by molar-refractivity contribution is 7.80. The number of allylic oxidation sites excluding steroid dienone is 6. The average molecular weight is 805 g/mol. The van der Waals surface area contributed by atoms with Gasteiger partial charge in [-0.15, -0.1) is 0 Å². The van der Waals surface area contributed by atoms with E-state index in [2.05, 4.69) is 54.5 Å². The molecule has 0 aromatic rings. The molecule has 0 aromatic heterocycles. The van der Waals surface area contributed by atoms with Crippen molar-refractivity contribution in [2.75, 3.05) is 26.4 Å². The molecule has 0 amide bonds. The summed E-state index contributed by atoms with van der Waals surface area (Å²) in [4.78, 5) is 12.8. The van der Waals surface area contributed by atoms with E-state index in [-0.39, 0.29) is 19.6 Å². The van der Waals surface area contributed by atoms with Crippen LogP contribution in [0.1, 0.15) is 162 Å². The highest BCUT2D eigenvalue weighted by Crippen LogP contribution is 2.26. The second kappa shape index (κ2) is 34.4. The number of esters is 1. The summed E-state index contributed by atoms with van der Waals surface area (Å²) >= 11 is 0. The van der Waals surface area contributed by atoms with Gasteiger partial charge in [-0.2, -0.15) is 8.42 Å². The Morgan fingerprint density at radius 2 is 1.25 bits per heavy atom. The van der Waals surface area contributed by atoms with E-state index in [4.69, 9.17) is 23.5 Å². The summed E-state index contributed by atoms with van der Waals surface area (Å²) in [6.45, 7) is 3.83. The largest absolute Gasteiger partial charge is 0.457 e. The van der Waals surface area contributed by atoms with Crippen LogP contribution >= 0.6 is 0 Å². The van der Waals surface area contributed by atoms with E-state index in [0.29, 0.717) is 13.0 Å². The number of carbonyl (C=O) groups is 1. The zero-order valence-electron chi connectivity index (χ0n) is 34.0. The minimum atomic E-state index is -5.06. The third-order valence-corrected chi connectivity index (χ3v) is 9.99. The predicted molar refractivity (Wildman–Crippen MR) is 216 cm³/mol. The Labute approximate surface area is 333 Å². The van der Waals surface area contributed by atoms with Crippen molar-refractivity contribution < 1.29 is 56.2 Å². The van der Waals surface area contributed by atoms with Gasteiger partial charge in [-0.25, -0.2) is 4.18 Å². The van der Waals surface area contributed by atoms with Gasteiger partial charge in [-0.1, -0.05) is 147 Å². The van der Waals surface area contributed by atoms with Gasteiger partial charge in [-0.3, -0.25) is 9.35 Å². The zero-order chi connectivity index (χ0) is 40.4. The molecular weight excluding hydrogens is 729 g/mol. The fraction of sp³-hybridized carbons (Fsp3) is 0.833. The maximum Gasteiger partial charge on any atom is 0.397 e. The first-order chi connectivity index (χ1) is 26.6. The second-order valence-corrected chi connectivity index (χ2v) is 15.6. The Kier molecular flexibility index (Phi) is 32.1. The number of rotatable bonds is 36. The van der Waals surface area contributed by atoms with E-state index < -0.39 is 59.8 Å². The topological polar surface area (TPSA) is 178 Å². The van der Waals surface area contributed by atoms with Crippen molar-refractivity contribution in [3.05, 3.63) is 36.5 Å². The normalized spacial score (nSPS) is 21.3. The number of hydrogen-bond donors (Lipinski definition) is 4. The highest BCUT2D eigenvalue weighted by atomic mass is 32.3. The van der Waals surface area contributed by atoms with Crippen molar-refractivity contribution in [3.8, 4) is 0 Å². The number of unbranched alkanes of at least 4 members (excludes halogenated alkanes) is 17. The third kappa shape index (κ3) is 28.4. The van der Waals surface area contributed by atoms with E-state index in [0.717, 1.165) is 57.8 Å². The lowest BCUT2D eigenvalue weighted by Gasteiger charge is -2.41. The Morgan fingerprint density at radius 3 is 1.82 bits per heavy atom. The molecule has 0 bridgehead atoms. The van der Waals surface area contributed by atoms with Crippen molar-refractivity contribution in [3.63, 3.8) is 0 Å². The summed E-state index contributed by atoms with van der Waals surface area (Å²) < 4.78 is 58.9. The van der Waals surface area contributed by atoms with Gasteiger partial charge in [0, 0.05) is 13.0 Å². The van der Waals surface area contributed by atoms with Gasteiger partial charge >= 0.3 is 16.4 Å². The molecule has 1 saturated heterocycles. The molecule has 1 rings (SSSR count). The summed E-state index contributed by atoms with van der Waals surface area (Å²) in [5.74, 6) is -0.427. The predicted octanol–water partition coefficient (Wildman–Crippen LogP) is 8.24. The molecule has 1 aliphatic heterocycles. The van der Waals surface area contributed by atoms with Crippen LogP contribution in [0.5, 0.6) is 0 Å². The van der Waals surface area contributed by atoms with Crippen molar-refractivity contribution in [1.29, 1.82) is 0 Å². The van der Waals surface area contributed by atoms with Crippen molar-refractivity contribution in [1.82, 2.24) is 0 Å². The molecule has 1 fully saturated rings. The maximum atomic E-state index is 12.8. The van der Waals surface area contributed by atoms with Crippen molar-refractivity contribution in [2.45, 2.75) is 198 Å². The molecule has 55 heavy (non-hydrogen) atoms. The van der Waals surface area contributed by atoms with Gasteiger partial charge in [0.1, 0.15) is 30.5 Å². The van der Waals surface area contributed by atoms with Crippen LogP contribution in [0.2, 0.25) is 0 Å². The molecule has 1 aliphatic rings. The zero-order valence-corrected chi connectivity index (χ0v) is 34.8. The van der Waals surface area contributed by atoms with Gasteiger partial charge in [0.2, 0.25) is 0 Å². The van der Waals surface area contributed by atoms with Crippen LogP contribution in [0.15, 0.2) is 36.5 Å². The average Bonchev–Trinajstić information content (AvgIpc) is 3.15. The molecular formula is C42H76O12S. The Bertz CT molecular complexity index is 1110. The SMILES string of the molecule is CC/C=C\C/C=C\C/C=C\CCCCCC(=O)OC(COCCCCCCCCCCCCCCCCC)COC1OC(CO)C(O)C(OS(=O)(=O)O)C1O. The molecule has 0 radical (unpaired) electrons. The summed E-state index contributed by atoms with van der Waals surface area (Å²) in [5.41, 5.74) is 0. The quantitative estimate of drug-likeness (QED) is 0.0207. The van der Waals surface area contributed by atoms with Crippen LogP contribution < -0.4 is 0 Å². The Balaban J connectivity index is 2.48. The van der Waals surface area contributed by atoms with Gasteiger partial charge in [0.25, 0.3) is 0 Å². The molecule has 0 aromatic carbocycles. The number of ether oxygens (including phenoxy) is 4. The summed E-state index contributed by atoms with van der Waals surface area (Å²) in [5, 5.41) is 30.6. The van der Waals surface area contributed by atoms with Gasteiger partial charge < -0.3 is 34.3 Å². The van der Waals surface area contributed by atoms with Gasteiger partial charge in [0.05, 0.1) is 19.8 Å². The summed E-state index contributed by atoms with van der Waals surface area (Å²) in [6.07, 6.45) is 29.0. The van der Waals surface area contributed by atoms with Crippen LogP contribution in [0.4, 0.5) is 0 Å². The lowest BCUT2D eigenvalue weighted by Crippen LogP contribution is -2.60. The number of aliphatic hydroxyl groups is 3. The molecule has 6 atom stereocenters. The van der Waals surface area contributed by atoms with Crippen LogP contribution in [0.25, 0.3) is 0 Å². The first kappa shape index (κ1) is 51.3. The third-order valence-electron chi connectivity index (χ3n) is 9.53. The van der Waals surface area contributed by atoms with Gasteiger partial charge in [0.15, 0.2) is 6.29 Å². The minimum absolute atomic E-state index is 0.0261. The maximum absolute atomic E-state index is 12.8. The summed E-state index contributed by atoms with van der Waals surface area (Å²) in [7, 11) is -5.06.